The molecule has 1 aliphatic heterocycles. The Labute approximate surface area is 82.8 Å². The molecule has 1 aliphatic rings. The number of para-hydroxylation sites is 1. The first-order chi connectivity index (χ1) is 6.77. The third-order valence-electron chi connectivity index (χ3n) is 2.19. The van der Waals surface area contributed by atoms with Crippen LogP contribution >= 0.6 is 0 Å². The molecule has 0 saturated heterocycles. The largest absolute Gasteiger partial charge is 0.492 e. The molecule has 14 heavy (non-hydrogen) atoms. The van der Waals surface area contributed by atoms with Gasteiger partial charge in [0, 0.05) is 12.0 Å². The first kappa shape index (κ1) is 9.31. The minimum atomic E-state index is -1.41. The standard InChI is InChI=1S/C10H11BO3/c12-11(13)6-4-8-2-1-3-9-5-7-14-10(8)9/h1-4,6,12-13H,5,7H2/b6-4+. The zero-order chi connectivity index (χ0) is 9.97. The molecule has 0 bridgehead atoms. The van der Waals surface area contributed by atoms with Gasteiger partial charge in [0.2, 0.25) is 0 Å². The highest BCUT2D eigenvalue weighted by atomic mass is 16.5. The van der Waals surface area contributed by atoms with Crippen molar-refractivity contribution in [1.29, 1.82) is 0 Å². The van der Waals surface area contributed by atoms with Crippen LogP contribution in [-0.4, -0.2) is 23.8 Å². The van der Waals surface area contributed by atoms with Crippen molar-refractivity contribution >= 4 is 13.2 Å². The average molecular weight is 190 g/mol. The summed E-state index contributed by atoms with van der Waals surface area (Å²) >= 11 is 0. The third kappa shape index (κ3) is 1.81. The lowest BCUT2D eigenvalue weighted by Crippen LogP contribution is -2.05. The molecule has 0 fully saturated rings. The van der Waals surface area contributed by atoms with Gasteiger partial charge >= 0.3 is 7.12 Å². The molecule has 2 N–H and O–H groups in total. The quantitative estimate of drug-likeness (QED) is 0.673. The zero-order valence-electron chi connectivity index (χ0n) is 7.68. The van der Waals surface area contributed by atoms with Crippen LogP contribution in [0.4, 0.5) is 0 Å². The summed E-state index contributed by atoms with van der Waals surface area (Å²) in [4.78, 5) is 0. The van der Waals surface area contributed by atoms with Crippen LogP contribution in [0.25, 0.3) is 6.08 Å². The van der Waals surface area contributed by atoms with Crippen LogP contribution < -0.4 is 4.74 Å². The van der Waals surface area contributed by atoms with E-state index in [1.54, 1.807) is 6.08 Å². The fourth-order valence-corrected chi connectivity index (χ4v) is 1.56. The maximum atomic E-state index is 8.69. The Morgan fingerprint density at radius 3 is 3.00 bits per heavy atom. The van der Waals surface area contributed by atoms with E-state index in [1.165, 1.54) is 11.5 Å². The summed E-state index contributed by atoms with van der Waals surface area (Å²) in [6.45, 7) is 0.710. The lowest BCUT2D eigenvalue weighted by Gasteiger charge is -2.02. The first-order valence-electron chi connectivity index (χ1n) is 4.56. The molecule has 0 atom stereocenters. The van der Waals surface area contributed by atoms with Crippen LogP contribution in [0.2, 0.25) is 0 Å². The predicted octanol–water partition coefficient (Wildman–Crippen LogP) is 0.647. The van der Waals surface area contributed by atoms with E-state index in [0.29, 0.717) is 6.61 Å². The van der Waals surface area contributed by atoms with Gasteiger partial charge in [0.15, 0.2) is 0 Å². The van der Waals surface area contributed by atoms with Gasteiger partial charge in [-0.05, 0) is 5.56 Å². The van der Waals surface area contributed by atoms with Crippen molar-refractivity contribution in [1.82, 2.24) is 0 Å². The molecule has 4 heteroatoms. The van der Waals surface area contributed by atoms with Gasteiger partial charge in [-0.1, -0.05) is 30.3 Å². The molecule has 0 amide bonds. The predicted molar refractivity (Wildman–Crippen MR) is 54.9 cm³/mol. The number of hydrogen-bond acceptors (Lipinski definition) is 3. The van der Waals surface area contributed by atoms with E-state index in [-0.39, 0.29) is 0 Å². The molecule has 1 aromatic carbocycles. The average Bonchev–Trinajstić information content (AvgIpc) is 2.62. The third-order valence-corrected chi connectivity index (χ3v) is 2.19. The van der Waals surface area contributed by atoms with Crippen LogP contribution in [0.5, 0.6) is 5.75 Å². The lowest BCUT2D eigenvalue weighted by molar-refractivity contribution is 0.356. The number of rotatable bonds is 2. The van der Waals surface area contributed by atoms with Gasteiger partial charge in [-0.15, -0.1) is 0 Å². The molecule has 72 valence electrons. The second-order valence-corrected chi connectivity index (χ2v) is 3.21. The highest BCUT2D eigenvalue weighted by Crippen LogP contribution is 2.30. The molecule has 3 nitrogen and oxygen atoms in total. The highest BCUT2D eigenvalue weighted by molar-refractivity contribution is 6.48. The Bertz CT molecular complexity index is 360. The minimum absolute atomic E-state index is 0.710. The summed E-state index contributed by atoms with van der Waals surface area (Å²) in [5.41, 5.74) is 2.08. The second kappa shape index (κ2) is 3.86. The van der Waals surface area contributed by atoms with E-state index in [4.69, 9.17) is 14.8 Å². The summed E-state index contributed by atoms with van der Waals surface area (Å²) in [5, 5.41) is 17.4. The van der Waals surface area contributed by atoms with Crippen molar-refractivity contribution in [3.05, 3.63) is 35.3 Å². The van der Waals surface area contributed by atoms with Gasteiger partial charge in [0.25, 0.3) is 0 Å². The van der Waals surface area contributed by atoms with Crippen molar-refractivity contribution in [2.75, 3.05) is 6.61 Å². The normalized spacial score (nSPS) is 14.1. The Morgan fingerprint density at radius 2 is 2.21 bits per heavy atom. The van der Waals surface area contributed by atoms with E-state index >= 15 is 0 Å². The van der Waals surface area contributed by atoms with Crippen molar-refractivity contribution in [2.45, 2.75) is 6.42 Å². The molecule has 0 radical (unpaired) electrons. The summed E-state index contributed by atoms with van der Waals surface area (Å²) in [6, 6.07) is 5.86. The fourth-order valence-electron chi connectivity index (χ4n) is 1.56. The van der Waals surface area contributed by atoms with E-state index in [2.05, 4.69) is 0 Å². The van der Waals surface area contributed by atoms with Crippen LogP contribution in [0.1, 0.15) is 11.1 Å². The summed E-state index contributed by atoms with van der Waals surface area (Å²) in [5.74, 6) is 2.18. The second-order valence-electron chi connectivity index (χ2n) is 3.21. The number of ether oxygens (including phenoxy) is 1. The fraction of sp³-hybridized carbons (Fsp3) is 0.200. The van der Waals surface area contributed by atoms with Crippen molar-refractivity contribution < 1.29 is 14.8 Å². The summed E-state index contributed by atoms with van der Waals surface area (Å²) in [6.07, 6.45) is 2.59. The summed E-state index contributed by atoms with van der Waals surface area (Å²) in [7, 11) is -1.41. The smallest absolute Gasteiger partial charge is 0.480 e. The van der Waals surface area contributed by atoms with Crippen LogP contribution in [0.15, 0.2) is 24.2 Å². The van der Waals surface area contributed by atoms with Gasteiger partial charge in [0.05, 0.1) is 6.61 Å². The van der Waals surface area contributed by atoms with Gasteiger partial charge < -0.3 is 14.8 Å². The number of hydrogen-bond donors (Lipinski definition) is 2. The minimum Gasteiger partial charge on any atom is -0.492 e. The van der Waals surface area contributed by atoms with Crippen LogP contribution in [-0.2, 0) is 6.42 Å². The SMILES string of the molecule is OB(O)/C=C/c1cccc2c1OCC2. The first-order valence-corrected chi connectivity index (χ1v) is 4.56. The Kier molecular flexibility index (Phi) is 2.57. The number of benzene rings is 1. The maximum Gasteiger partial charge on any atom is 0.480 e. The maximum absolute atomic E-state index is 8.69. The Balaban J connectivity index is 2.30. The molecule has 2 rings (SSSR count). The van der Waals surface area contributed by atoms with Crippen molar-refractivity contribution in [2.24, 2.45) is 0 Å². The molecular weight excluding hydrogens is 179 g/mol. The van der Waals surface area contributed by atoms with Gasteiger partial charge in [-0.25, -0.2) is 0 Å². The van der Waals surface area contributed by atoms with E-state index < -0.39 is 7.12 Å². The molecule has 1 heterocycles. The molecule has 0 aliphatic carbocycles. The van der Waals surface area contributed by atoms with E-state index in [1.807, 2.05) is 18.2 Å². The van der Waals surface area contributed by atoms with Gasteiger partial charge in [0.1, 0.15) is 5.75 Å². The zero-order valence-corrected chi connectivity index (χ0v) is 7.68. The van der Waals surface area contributed by atoms with E-state index in [0.717, 1.165) is 17.7 Å². The lowest BCUT2D eigenvalue weighted by atomic mass is 9.90. The monoisotopic (exact) mass is 190 g/mol. The summed E-state index contributed by atoms with van der Waals surface area (Å²) < 4.78 is 5.45. The van der Waals surface area contributed by atoms with Gasteiger partial charge in [-0.3, -0.25) is 0 Å². The van der Waals surface area contributed by atoms with Crippen LogP contribution in [0.3, 0.4) is 0 Å². The molecule has 0 spiro atoms. The molecule has 0 unspecified atom stereocenters. The van der Waals surface area contributed by atoms with Crippen LogP contribution in [0, 0.1) is 0 Å². The van der Waals surface area contributed by atoms with Crippen molar-refractivity contribution in [3.63, 3.8) is 0 Å². The van der Waals surface area contributed by atoms with Crippen molar-refractivity contribution in [3.8, 4) is 5.75 Å². The molecule has 0 saturated carbocycles. The molecule has 1 aromatic rings. The number of fused-ring (bicyclic) bond motifs is 1. The Hall–Kier alpha value is -1.26. The highest BCUT2D eigenvalue weighted by Gasteiger charge is 2.14. The topological polar surface area (TPSA) is 49.7 Å². The van der Waals surface area contributed by atoms with E-state index in [9.17, 15) is 0 Å². The van der Waals surface area contributed by atoms with Gasteiger partial charge in [-0.2, -0.15) is 0 Å². The molecule has 0 aromatic heterocycles. The molecular formula is C10H11BO3. The Morgan fingerprint density at radius 1 is 1.36 bits per heavy atom.